The molecule has 0 atom stereocenters. The molecule has 5 heteroatoms. The summed E-state index contributed by atoms with van der Waals surface area (Å²) in [6.45, 7) is 1.19. The van der Waals surface area contributed by atoms with Crippen LogP contribution in [0.1, 0.15) is 32.1 Å². The highest BCUT2D eigenvalue weighted by atomic mass is 32.2. The summed E-state index contributed by atoms with van der Waals surface area (Å²) >= 11 is 1.54. The van der Waals surface area contributed by atoms with Crippen molar-refractivity contribution in [3.05, 3.63) is 18.2 Å². The molecule has 0 spiro atoms. The molecule has 0 saturated heterocycles. The molecule has 114 valence electrons. The van der Waals surface area contributed by atoms with Crippen molar-refractivity contribution in [2.24, 2.45) is 0 Å². The van der Waals surface area contributed by atoms with Crippen LogP contribution in [0.4, 0.5) is 0 Å². The largest absolute Gasteiger partial charge is 0.486 e. The van der Waals surface area contributed by atoms with Gasteiger partial charge in [0.05, 0.1) is 5.75 Å². The Morgan fingerprint density at radius 1 is 1.14 bits per heavy atom. The molecule has 1 aliphatic carbocycles. The molecule has 21 heavy (non-hydrogen) atoms. The van der Waals surface area contributed by atoms with Gasteiger partial charge in [-0.3, -0.25) is 4.79 Å². The topological polar surface area (TPSA) is 47.6 Å². The van der Waals surface area contributed by atoms with E-state index >= 15 is 0 Å². The van der Waals surface area contributed by atoms with Crippen LogP contribution in [0.15, 0.2) is 23.1 Å². The maximum atomic E-state index is 12.0. The van der Waals surface area contributed by atoms with Gasteiger partial charge in [0.2, 0.25) is 5.91 Å². The van der Waals surface area contributed by atoms with Crippen molar-refractivity contribution >= 4 is 17.7 Å². The Hall–Kier alpha value is -1.36. The minimum Gasteiger partial charge on any atom is -0.486 e. The van der Waals surface area contributed by atoms with E-state index in [4.69, 9.17) is 9.47 Å². The van der Waals surface area contributed by atoms with Crippen LogP contribution in [-0.2, 0) is 4.79 Å². The highest BCUT2D eigenvalue weighted by molar-refractivity contribution is 8.00. The molecule has 1 fully saturated rings. The summed E-state index contributed by atoms with van der Waals surface area (Å²) in [4.78, 5) is 13.0. The molecule has 1 aliphatic heterocycles. The molecule has 4 nitrogen and oxygen atoms in total. The van der Waals surface area contributed by atoms with Crippen LogP contribution in [0.25, 0.3) is 0 Å². The number of carbonyl (C=O) groups is 1. The molecular formula is C16H21NO3S. The molecule has 1 amide bonds. The lowest BCUT2D eigenvalue weighted by atomic mass is 9.95. The van der Waals surface area contributed by atoms with Gasteiger partial charge in [-0.2, -0.15) is 0 Å². The molecule has 1 aromatic rings. The van der Waals surface area contributed by atoms with Gasteiger partial charge < -0.3 is 14.8 Å². The minimum absolute atomic E-state index is 0.127. The lowest BCUT2D eigenvalue weighted by molar-refractivity contribution is -0.119. The molecule has 2 aliphatic rings. The first-order chi connectivity index (χ1) is 10.3. The third-order valence-electron chi connectivity index (χ3n) is 3.85. The third kappa shape index (κ3) is 4.06. The monoisotopic (exact) mass is 307 g/mol. The molecule has 1 saturated carbocycles. The van der Waals surface area contributed by atoms with E-state index in [-0.39, 0.29) is 5.91 Å². The fraction of sp³-hybridized carbons (Fsp3) is 0.562. The van der Waals surface area contributed by atoms with Crippen LogP contribution < -0.4 is 14.8 Å². The smallest absolute Gasteiger partial charge is 0.230 e. The zero-order valence-corrected chi connectivity index (χ0v) is 12.9. The summed E-state index contributed by atoms with van der Waals surface area (Å²) in [5, 5.41) is 3.14. The predicted octanol–water partition coefficient (Wildman–Crippen LogP) is 3.00. The van der Waals surface area contributed by atoms with Crippen molar-refractivity contribution in [3.8, 4) is 11.5 Å². The van der Waals surface area contributed by atoms with E-state index in [9.17, 15) is 4.79 Å². The summed E-state index contributed by atoms with van der Waals surface area (Å²) in [5.41, 5.74) is 0. The summed E-state index contributed by atoms with van der Waals surface area (Å²) < 4.78 is 11.0. The van der Waals surface area contributed by atoms with E-state index in [0.717, 1.165) is 29.2 Å². The number of fused-ring (bicyclic) bond motifs is 1. The Balaban J connectivity index is 1.49. The van der Waals surface area contributed by atoms with Gasteiger partial charge in [-0.25, -0.2) is 0 Å². The van der Waals surface area contributed by atoms with E-state index < -0.39 is 0 Å². The molecule has 0 bridgehead atoms. The van der Waals surface area contributed by atoms with Crippen LogP contribution in [0.2, 0.25) is 0 Å². The van der Waals surface area contributed by atoms with Gasteiger partial charge in [0.15, 0.2) is 11.5 Å². The number of amides is 1. The van der Waals surface area contributed by atoms with E-state index in [1.807, 2.05) is 18.2 Å². The first kappa shape index (κ1) is 14.6. The average molecular weight is 307 g/mol. The van der Waals surface area contributed by atoms with Crippen LogP contribution in [0.3, 0.4) is 0 Å². The number of nitrogens with one attached hydrogen (secondary N) is 1. The van der Waals surface area contributed by atoms with Gasteiger partial charge >= 0.3 is 0 Å². The lowest BCUT2D eigenvalue weighted by Crippen LogP contribution is -2.37. The number of hydrogen-bond donors (Lipinski definition) is 1. The molecule has 1 aromatic carbocycles. The fourth-order valence-electron chi connectivity index (χ4n) is 2.78. The van der Waals surface area contributed by atoms with Crippen LogP contribution in [-0.4, -0.2) is 30.9 Å². The van der Waals surface area contributed by atoms with Crippen molar-refractivity contribution in [1.82, 2.24) is 5.32 Å². The minimum atomic E-state index is 0.127. The summed E-state index contributed by atoms with van der Waals surface area (Å²) in [6.07, 6.45) is 6.03. The lowest BCUT2D eigenvalue weighted by Gasteiger charge is -2.22. The van der Waals surface area contributed by atoms with Crippen LogP contribution in [0.5, 0.6) is 11.5 Å². The highest BCUT2D eigenvalue weighted by Gasteiger charge is 2.16. The first-order valence-electron chi connectivity index (χ1n) is 7.63. The second-order valence-corrected chi connectivity index (χ2v) is 6.55. The number of hydrogen-bond acceptors (Lipinski definition) is 4. The molecule has 1 N–H and O–H groups in total. The SMILES string of the molecule is O=C(CSc1ccc2c(c1)OCCO2)NC1CCCCC1. The zero-order valence-electron chi connectivity index (χ0n) is 12.1. The van der Waals surface area contributed by atoms with E-state index in [0.29, 0.717) is 25.0 Å². The standard InChI is InChI=1S/C16H21NO3S/c18-16(17-12-4-2-1-3-5-12)11-21-13-6-7-14-15(10-13)20-9-8-19-14/h6-7,10,12H,1-5,8-9,11H2,(H,17,18). The number of rotatable bonds is 4. The van der Waals surface area contributed by atoms with Crippen molar-refractivity contribution in [3.63, 3.8) is 0 Å². The Bertz CT molecular complexity index is 500. The van der Waals surface area contributed by atoms with Crippen molar-refractivity contribution in [2.45, 2.75) is 43.0 Å². The van der Waals surface area contributed by atoms with Crippen LogP contribution >= 0.6 is 11.8 Å². The van der Waals surface area contributed by atoms with E-state index in [1.165, 1.54) is 19.3 Å². The number of ether oxygens (including phenoxy) is 2. The Labute approximate surface area is 129 Å². The van der Waals surface area contributed by atoms with Gasteiger partial charge in [-0.05, 0) is 31.0 Å². The number of benzene rings is 1. The van der Waals surface area contributed by atoms with Gasteiger partial charge in [0.1, 0.15) is 13.2 Å². The van der Waals surface area contributed by atoms with Crippen LogP contribution in [0, 0.1) is 0 Å². The maximum absolute atomic E-state index is 12.0. The molecular weight excluding hydrogens is 286 g/mol. The maximum Gasteiger partial charge on any atom is 0.230 e. The highest BCUT2D eigenvalue weighted by Crippen LogP contribution is 2.34. The van der Waals surface area contributed by atoms with E-state index in [1.54, 1.807) is 11.8 Å². The quantitative estimate of drug-likeness (QED) is 0.869. The molecule has 0 unspecified atom stereocenters. The normalized spacial score (nSPS) is 18.3. The zero-order chi connectivity index (χ0) is 14.5. The first-order valence-corrected chi connectivity index (χ1v) is 8.61. The van der Waals surface area contributed by atoms with Crippen molar-refractivity contribution in [2.75, 3.05) is 19.0 Å². The van der Waals surface area contributed by atoms with Crippen molar-refractivity contribution < 1.29 is 14.3 Å². The fourth-order valence-corrected chi connectivity index (χ4v) is 3.51. The second-order valence-electron chi connectivity index (χ2n) is 5.50. The second kappa shape index (κ2) is 7.07. The van der Waals surface area contributed by atoms with Gasteiger partial charge in [-0.1, -0.05) is 19.3 Å². The Kier molecular flexibility index (Phi) is 4.91. The summed E-state index contributed by atoms with van der Waals surface area (Å²) in [6, 6.07) is 6.22. The van der Waals surface area contributed by atoms with Crippen molar-refractivity contribution in [1.29, 1.82) is 0 Å². The summed E-state index contributed by atoms with van der Waals surface area (Å²) in [7, 11) is 0. The molecule has 0 radical (unpaired) electrons. The molecule has 1 heterocycles. The molecule has 3 rings (SSSR count). The summed E-state index contributed by atoms with van der Waals surface area (Å²) in [5.74, 6) is 2.15. The van der Waals surface area contributed by atoms with Gasteiger partial charge in [-0.15, -0.1) is 11.8 Å². The number of thioether (sulfide) groups is 1. The Morgan fingerprint density at radius 3 is 2.71 bits per heavy atom. The number of carbonyl (C=O) groups excluding carboxylic acids is 1. The van der Waals surface area contributed by atoms with E-state index in [2.05, 4.69) is 5.32 Å². The molecule has 0 aromatic heterocycles. The Morgan fingerprint density at radius 2 is 1.90 bits per heavy atom. The van der Waals surface area contributed by atoms with Gasteiger partial charge in [0.25, 0.3) is 0 Å². The van der Waals surface area contributed by atoms with Gasteiger partial charge in [0, 0.05) is 10.9 Å². The predicted molar refractivity (Wildman–Crippen MR) is 83.2 cm³/mol. The third-order valence-corrected chi connectivity index (χ3v) is 4.85. The average Bonchev–Trinajstić information content (AvgIpc) is 2.54.